The fourth-order valence-corrected chi connectivity index (χ4v) is 4.41. The average Bonchev–Trinajstić information content (AvgIpc) is 3.34. The molecule has 0 spiro atoms. The molecular formula is C24H40FIN6O. The van der Waals surface area contributed by atoms with Crippen LogP contribution in [0.25, 0.3) is 0 Å². The first-order valence-electron chi connectivity index (χ1n) is 12.0. The Hall–Kier alpha value is -1.46. The molecule has 3 rings (SSSR count). The first kappa shape index (κ1) is 27.8. The average molecular weight is 575 g/mol. The summed E-state index contributed by atoms with van der Waals surface area (Å²) in [7, 11) is 2.06. The third kappa shape index (κ3) is 8.36. The van der Waals surface area contributed by atoms with E-state index in [2.05, 4.69) is 34.0 Å². The molecule has 1 aromatic carbocycles. The van der Waals surface area contributed by atoms with Crippen molar-refractivity contribution >= 4 is 35.8 Å². The number of likely N-dealkylation sites (N-methyl/N-ethyl adjacent to an activating group) is 1. The van der Waals surface area contributed by atoms with Crippen molar-refractivity contribution in [1.82, 2.24) is 24.9 Å². The lowest BCUT2D eigenvalue weighted by Gasteiger charge is -2.39. The zero-order valence-corrected chi connectivity index (χ0v) is 22.6. The first-order chi connectivity index (χ1) is 15.5. The van der Waals surface area contributed by atoms with Crippen LogP contribution in [0.3, 0.4) is 0 Å². The van der Waals surface area contributed by atoms with E-state index >= 15 is 0 Å². The van der Waals surface area contributed by atoms with Gasteiger partial charge in [-0.2, -0.15) is 0 Å². The molecule has 33 heavy (non-hydrogen) atoms. The highest BCUT2D eigenvalue weighted by molar-refractivity contribution is 14.0. The van der Waals surface area contributed by atoms with Gasteiger partial charge in [0.25, 0.3) is 0 Å². The number of nitrogens with one attached hydrogen (secondary N) is 1. The number of likely N-dealkylation sites (tertiary alicyclic amines) is 1. The van der Waals surface area contributed by atoms with Gasteiger partial charge in [-0.15, -0.1) is 24.0 Å². The Morgan fingerprint density at radius 3 is 2.33 bits per heavy atom. The highest BCUT2D eigenvalue weighted by atomic mass is 127. The van der Waals surface area contributed by atoms with E-state index in [0.717, 1.165) is 83.3 Å². The van der Waals surface area contributed by atoms with Gasteiger partial charge in [0.1, 0.15) is 5.82 Å². The third-order valence-corrected chi connectivity index (χ3v) is 6.38. The molecule has 9 heteroatoms. The van der Waals surface area contributed by atoms with E-state index in [-0.39, 0.29) is 41.7 Å². The van der Waals surface area contributed by atoms with Crippen molar-refractivity contribution in [3.05, 3.63) is 35.6 Å². The number of halogens is 2. The number of nitrogens with zero attached hydrogens (tertiary/aromatic N) is 5. The van der Waals surface area contributed by atoms with Gasteiger partial charge in [-0.25, -0.2) is 4.39 Å². The highest BCUT2D eigenvalue weighted by Gasteiger charge is 2.30. The quantitative estimate of drug-likeness (QED) is 0.294. The topological polar surface area (TPSA) is 54.4 Å². The highest BCUT2D eigenvalue weighted by Crippen LogP contribution is 2.14. The van der Waals surface area contributed by atoms with Gasteiger partial charge >= 0.3 is 0 Å². The van der Waals surface area contributed by atoms with E-state index in [0.29, 0.717) is 6.54 Å². The molecule has 1 atom stereocenters. The summed E-state index contributed by atoms with van der Waals surface area (Å²) in [5.41, 5.74) is 1.10. The second-order valence-electron chi connectivity index (χ2n) is 8.83. The summed E-state index contributed by atoms with van der Waals surface area (Å²) in [6, 6.07) is 6.62. The van der Waals surface area contributed by atoms with Gasteiger partial charge in [-0.3, -0.25) is 14.7 Å². The van der Waals surface area contributed by atoms with Crippen LogP contribution < -0.4 is 5.32 Å². The van der Waals surface area contributed by atoms with Gasteiger partial charge in [0.2, 0.25) is 5.91 Å². The van der Waals surface area contributed by atoms with Crippen molar-refractivity contribution in [2.45, 2.75) is 39.3 Å². The molecule has 186 valence electrons. The Labute approximate surface area is 215 Å². The summed E-state index contributed by atoms with van der Waals surface area (Å²) < 4.78 is 13.1. The lowest BCUT2D eigenvalue weighted by atomic mass is 10.2. The number of aliphatic imine (C=N–C) groups is 1. The van der Waals surface area contributed by atoms with E-state index in [1.54, 1.807) is 0 Å². The minimum absolute atomic E-state index is 0. The van der Waals surface area contributed by atoms with E-state index in [9.17, 15) is 9.18 Å². The Kier molecular flexibility index (Phi) is 11.8. The molecule has 1 unspecified atom stereocenters. The largest absolute Gasteiger partial charge is 0.357 e. The zero-order chi connectivity index (χ0) is 22.9. The van der Waals surface area contributed by atoms with Crippen molar-refractivity contribution in [3.63, 3.8) is 0 Å². The van der Waals surface area contributed by atoms with Gasteiger partial charge < -0.3 is 20.0 Å². The Bertz CT molecular complexity index is 748. The molecule has 0 bridgehead atoms. The first-order valence-corrected chi connectivity index (χ1v) is 12.0. The summed E-state index contributed by atoms with van der Waals surface area (Å²) in [6.45, 7) is 12.6. The van der Waals surface area contributed by atoms with Gasteiger partial charge in [0, 0.05) is 58.9 Å². The lowest BCUT2D eigenvalue weighted by Crippen LogP contribution is -2.57. The van der Waals surface area contributed by atoms with Crippen LogP contribution in [0.15, 0.2) is 29.3 Å². The van der Waals surface area contributed by atoms with Gasteiger partial charge in [-0.1, -0.05) is 12.1 Å². The number of carbonyl (C=O) groups is 1. The zero-order valence-electron chi connectivity index (χ0n) is 20.3. The molecule has 2 saturated heterocycles. The summed E-state index contributed by atoms with van der Waals surface area (Å²) in [4.78, 5) is 26.4. The summed E-state index contributed by atoms with van der Waals surface area (Å²) in [6.07, 6.45) is 2.27. The fraction of sp³-hybridized carbons (Fsp3) is 0.667. The van der Waals surface area contributed by atoms with Gasteiger partial charge in [0.05, 0.1) is 12.6 Å². The monoisotopic (exact) mass is 574 g/mol. The Morgan fingerprint density at radius 1 is 1.09 bits per heavy atom. The van der Waals surface area contributed by atoms with E-state index in [4.69, 9.17) is 4.99 Å². The van der Waals surface area contributed by atoms with E-state index < -0.39 is 0 Å². The number of benzene rings is 1. The van der Waals surface area contributed by atoms with Crippen molar-refractivity contribution in [3.8, 4) is 0 Å². The molecule has 2 aliphatic heterocycles. The molecule has 1 amide bonds. The van der Waals surface area contributed by atoms with Crippen molar-refractivity contribution in [2.24, 2.45) is 4.99 Å². The van der Waals surface area contributed by atoms with Crippen LogP contribution in [0, 0.1) is 5.82 Å². The van der Waals surface area contributed by atoms with Crippen LogP contribution in [0.2, 0.25) is 0 Å². The Balaban J connectivity index is 0.00000385. The minimum Gasteiger partial charge on any atom is -0.357 e. The molecule has 2 heterocycles. The van der Waals surface area contributed by atoms with Crippen molar-refractivity contribution < 1.29 is 9.18 Å². The van der Waals surface area contributed by atoms with Crippen LogP contribution in [-0.2, 0) is 11.3 Å². The molecule has 0 radical (unpaired) electrons. The normalized spacial score (nSPS) is 18.4. The molecule has 0 saturated carbocycles. The third-order valence-electron chi connectivity index (χ3n) is 6.38. The maximum absolute atomic E-state index is 13.1. The summed E-state index contributed by atoms with van der Waals surface area (Å²) >= 11 is 0. The number of hydrogen-bond donors (Lipinski definition) is 1. The minimum atomic E-state index is -0.203. The second kappa shape index (κ2) is 14.1. The lowest BCUT2D eigenvalue weighted by molar-refractivity contribution is -0.135. The van der Waals surface area contributed by atoms with Gasteiger partial charge in [0.15, 0.2) is 5.96 Å². The van der Waals surface area contributed by atoms with Crippen LogP contribution in [0.1, 0.15) is 32.3 Å². The number of rotatable bonds is 8. The number of hydrogen-bond acceptors (Lipinski definition) is 4. The van der Waals surface area contributed by atoms with E-state index in [1.165, 1.54) is 12.1 Å². The van der Waals surface area contributed by atoms with Crippen molar-refractivity contribution in [1.29, 1.82) is 0 Å². The van der Waals surface area contributed by atoms with Crippen LogP contribution in [-0.4, -0.2) is 103 Å². The number of guanidine groups is 1. The summed E-state index contributed by atoms with van der Waals surface area (Å²) in [5, 5.41) is 3.42. The van der Waals surface area contributed by atoms with Gasteiger partial charge in [-0.05, 0) is 51.4 Å². The molecule has 1 N–H and O–H groups in total. The standard InChI is InChI=1S/C24H39FN6O.HI/c1-4-26-24(27-11-14-28(3)19-21-7-9-22(25)10-8-21)31-17-15-29(16-18-31)20(2)23(32)30-12-5-6-13-30;/h7-10,20H,4-6,11-19H2,1-3H3,(H,26,27);1H. The van der Waals surface area contributed by atoms with Crippen molar-refractivity contribution in [2.75, 3.05) is 66.0 Å². The maximum atomic E-state index is 13.1. The number of piperazine rings is 1. The molecule has 1 aromatic rings. The SMILES string of the molecule is CCNC(=NCCN(C)Cc1ccc(F)cc1)N1CCN(C(C)C(=O)N2CCCC2)CC1.I. The molecule has 0 aliphatic carbocycles. The smallest absolute Gasteiger partial charge is 0.239 e. The number of carbonyl (C=O) groups excluding carboxylic acids is 1. The van der Waals surface area contributed by atoms with Crippen LogP contribution >= 0.6 is 24.0 Å². The maximum Gasteiger partial charge on any atom is 0.239 e. The molecule has 2 aliphatic rings. The predicted octanol–water partition coefficient (Wildman–Crippen LogP) is 2.47. The number of amides is 1. The molecular weight excluding hydrogens is 534 g/mol. The summed E-state index contributed by atoms with van der Waals surface area (Å²) in [5.74, 6) is 1.02. The molecule has 2 fully saturated rings. The predicted molar refractivity (Wildman–Crippen MR) is 143 cm³/mol. The fourth-order valence-electron chi connectivity index (χ4n) is 4.41. The van der Waals surface area contributed by atoms with Crippen LogP contribution in [0.4, 0.5) is 4.39 Å². The Morgan fingerprint density at radius 2 is 1.73 bits per heavy atom. The molecule has 0 aromatic heterocycles. The second-order valence-corrected chi connectivity index (χ2v) is 8.83. The van der Waals surface area contributed by atoms with E-state index in [1.807, 2.05) is 24.0 Å². The van der Waals surface area contributed by atoms with Crippen LogP contribution in [0.5, 0.6) is 0 Å². The molecule has 7 nitrogen and oxygen atoms in total.